The molecule has 596 valence electrons. The van der Waals surface area contributed by atoms with Gasteiger partial charge in [-0.05, 0) is 251 Å². The molecule has 1 aliphatic heterocycles. The van der Waals surface area contributed by atoms with Gasteiger partial charge in [-0.2, -0.15) is 0 Å². The van der Waals surface area contributed by atoms with Crippen LogP contribution in [0.3, 0.4) is 0 Å². The molecule has 17 aromatic rings. The molecule has 15 aromatic carbocycles. The van der Waals surface area contributed by atoms with Gasteiger partial charge in [0.2, 0.25) is 0 Å². The van der Waals surface area contributed by atoms with E-state index in [9.17, 15) is 0 Å². The maximum Gasteiger partial charge on any atom is 0.0629 e. The third kappa shape index (κ3) is 13.6. The van der Waals surface area contributed by atoms with Crippen molar-refractivity contribution in [3.8, 4) is 11.4 Å². The zero-order valence-electron chi connectivity index (χ0n) is 73.0. The van der Waals surface area contributed by atoms with Crippen molar-refractivity contribution in [1.29, 1.82) is 0 Å². The van der Waals surface area contributed by atoms with Gasteiger partial charge in [0.05, 0.1) is 62.2 Å². The Labute approximate surface area is 709 Å². The van der Waals surface area contributed by atoms with Gasteiger partial charge in [0.25, 0.3) is 0 Å². The number of allylic oxidation sites excluding steroid dienone is 2. The smallest absolute Gasteiger partial charge is 0.0629 e. The summed E-state index contributed by atoms with van der Waals surface area (Å²) in [6.45, 7) is 41.9. The van der Waals surface area contributed by atoms with Crippen LogP contribution in [-0.2, 0) is 27.1 Å². The second-order valence-corrected chi connectivity index (χ2v) is 40.0. The van der Waals surface area contributed by atoms with E-state index >= 15 is 0 Å². The van der Waals surface area contributed by atoms with Gasteiger partial charge in [0.15, 0.2) is 0 Å². The second kappa shape index (κ2) is 28.5. The molecule has 2 aliphatic rings. The molecule has 0 saturated heterocycles. The Kier molecular flexibility index (Phi) is 18.4. The highest BCUT2D eigenvalue weighted by atomic mass is 15.2. The zero-order chi connectivity index (χ0) is 83.4. The molecule has 0 spiro atoms. The summed E-state index contributed by atoms with van der Waals surface area (Å²) in [6.07, 6.45) is 7.43. The molecule has 2 aromatic heterocycles. The third-order valence-corrected chi connectivity index (χ3v) is 25.7. The second-order valence-electron chi connectivity index (χ2n) is 40.0. The van der Waals surface area contributed by atoms with Crippen molar-refractivity contribution in [3.63, 3.8) is 0 Å². The van der Waals surface area contributed by atoms with Crippen LogP contribution in [0.15, 0.2) is 333 Å². The SMILES string of the molecule is CC(C)(C)C1=CC2c3cc(C(C)(C)C)ccc3N(c3ccc(N(c4cc(N(c5ccc(-n6c7ccc(C(C)(C)C)cc7c7cc(C(C)(C)C)ccc76)cc5)c5cccc6ccccc56)cc(N(c5ccc(-n6c7ccc(C(C)(C)C)cc7c7cc(C(C)(C)C)ccc76)cc5)c5cccc6ccccc56)c4)c4cccc5ccccc45)cc3)C2C=C1. The number of fused-ring (bicyclic) bond motifs is 12. The molecule has 0 fully saturated rings. The molecule has 6 nitrogen and oxygen atoms in total. The molecule has 19 rings (SSSR count). The largest absolute Gasteiger partial charge is 0.333 e. The Bertz CT molecular complexity index is 6520. The molecule has 0 radical (unpaired) electrons. The number of nitrogens with zero attached hydrogens (tertiary/aromatic N) is 6. The fourth-order valence-corrected chi connectivity index (χ4v) is 18.9. The van der Waals surface area contributed by atoms with Crippen LogP contribution in [0.5, 0.6) is 0 Å². The summed E-state index contributed by atoms with van der Waals surface area (Å²) in [4.78, 5) is 10.2. The van der Waals surface area contributed by atoms with Crippen LogP contribution in [0, 0.1) is 5.41 Å². The first-order valence-corrected chi connectivity index (χ1v) is 43.1. The number of hydrogen-bond donors (Lipinski definition) is 0. The summed E-state index contributed by atoms with van der Waals surface area (Å²) >= 11 is 0. The minimum absolute atomic E-state index is 0.000614. The van der Waals surface area contributed by atoms with E-state index in [0.717, 1.165) is 101 Å². The molecule has 0 saturated carbocycles. The lowest BCUT2D eigenvalue weighted by Gasteiger charge is -2.34. The number of aromatic nitrogens is 2. The van der Waals surface area contributed by atoms with Crippen molar-refractivity contribution in [2.24, 2.45) is 5.41 Å². The van der Waals surface area contributed by atoms with Crippen LogP contribution >= 0.6 is 0 Å². The Hall–Kier alpha value is -12.6. The van der Waals surface area contributed by atoms with Crippen molar-refractivity contribution < 1.29 is 0 Å². The van der Waals surface area contributed by atoms with Crippen molar-refractivity contribution in [1.82, 2.24) is 9.13 Å². The predicted molar refractivity (Wildman–Crippen MR) is 517 cm³/mol. The number of benzene rings is 15. The molecular formula is C114H110N6. The van der Waals surface area contributed by atoms with Gasteiger partial charge in [-0.15, -0.1) is 0 Å². The van der Waals surface area contributed by atoms with Crippen LogP contribution in [0.1, 0.15) is 164 Å². The minimum atomic E-state index is -0.0333. The highest BCUT2D eigenvalue weighted by Gasteiger charge is 2.41. The quantitative estimate of drug-likeness (QED) is 0.122. The van der Waals surface area contributed by atoms with Gasteiger partial charge in [-0.1, -0.05) is 288 Å². The standard InChI is InChI=1S/C114H110N6/c1-109(2,3)76-40-58-103-94(64-76)95-65-77(110(4,5)6)41-59-104(95)118(103)85-52-46-82(47-53-85)115(100-37-25-31-73-28-19-22-34-91(73)100)88-70-89(116(101-38-26-32-74-29-20-23-35-92(74)101)83-48-54-86(55-49-83)119-105-60-42-78(111(7,8)9)66-96(105)97-67-79(112(10,11)12)43-61-106(97)119)72-90(71-88)117(102-39-27-33-75-30-21-24-36-93(75)102)84-50-56-87(57-51-84)120-107-62-44-80(113(13,14)15)68-98(107)99-69-81(114(16,17)18)45-63-108(99)120/h19-72,94,103H,1-18H3. The van der Waals surface area contributed by atoms with Gasteiger partial charge in [0, 0.05) is 83.4 Å². The molecule has 3 heterocycles. The summed E-state index contributed by atoms with van der Waals surface area (Å²) in [5, 5.41) is 11.9. The van der Waals surface area contributed by atoms with E-state index in [1.807, 2.05) is 0 Å². The first-order valence-electron chi connectivity index (χ1n) is 43.1. The van der Waals surface area contributed by atoms with E-state index < -0.39 is 0 Å². The zero-order valence-corrected chi connectivity index (χ0v) is 73.0. The Morgan fingerprint density at radius 3 is 0.875 bits per heavy atom. The summed E-state index contributed by atoms with van der Waals surface area (Å²) in [7, 11) is 0. The van der Waals surface area contributed by atoms with Crippen LogP contribution in [-0.4, -0.2) is 15.2 Å². The lowest BCUT2D eigenvalue weighted by Crippen LogP contribution is -2.30. The molecule has 2 unspecified atom stereocenters. The van der Waals surface area contributed by atoms with Crippen molar-refractivity contribution in [2.75, 3.05) is 19.6 Å². The van der Waals surface area contributed by atoms with E-state index in [4.69, 9.17) is 0 Å². The van der Waals surface area contributed by atoms with Gasteiger partial charge in [-0.3, -0.25) is 0 Å². The topological polar surface area (TPSA) is 22.8 Å². The molecule has 120 heavy (non-hydrogen) atoms. The Balaban J connectivity index is 0.859. The molecule has 0 amide bonds. The molecule has 0 N–H and O–H groups in total. The van der Waals surface area contributed by atoms with Gasteiger partial charge >= 0.3 is 0 Å². The number of rotatable bonds is 12. The van der Waals surface area contributed by atoms with Gasteiger partial charge in [0.1, 0.15) is 0 Å². The molecule has 6 heteroatoms. The van der Waals surface area contributed by atoms with E-state index in [1.165, 1.54) is 88.3 Å². The average molecular weight is 1560 g/mol. The van der Waals surface area contributed by atoms with Crippen molar-refractivity contribution in [3.05, 3.63) is 367 Å². The molecular weight excluding hydrogens is 1450 g/mol. The monoisotopic (exact) mass is 1560 g/mol. The molecule has 2 atom stereocenters. The molecule has 0 bridgehead atoms. The lowest BCUT2D eigenvalue weighted by molar-refractivity contribution is 0.507. The highest BCUT2D eigenvalue weighted by molar-refractivity contribution is 6.12. The van der Waals surface area contributed by atoms with Gasteiger partial charge < -0.3 is 28.7 Å². The average Bonchev–Trinajstić information content (AvgIpc) is 1.65. The Morgan fingerprint density at radius 1 is 0.250 bits per heavy atom. The van der Waals surface area contributed by atoms with Crippen LogP contribution in [0.4, 0.5) is 62.6 Å². The first kappa shape index (κ1) is 77.3. The fourth-order valence-electron chi connectivity index (χ4n) is 18.9. The van der Waals surface area contributed by atoms with E-state index in [2.05, 4.69) is 481 Å². The summed E-state index contributed by atoms with van der Waals surface area (Å²) in [6, 6.07) is 119. The Morgan fingerprint density at radius 2 is 0.550 bits per heavy atom. The van der Waals surface area contributed by atoms with Crippen LogP contribution in [0.25, 0.3) is 87.3 Å². The maximum atomic E-state index is 2.60. The van der Waals surface area contributed by atoms with Crippen molar-refractivity contribution in [2.45, 2.75) is 164 Å². The fraction of sp³-hybridized carbons (Fsp3) is 0.228. The van der Waals surface area contributed by atoms with Crippen LogP contribution < -0.4 is 19.6 Å². The van der Waals surface area contributed by atoms with Gasteiger partial charge in [-0.25, -0.2) is 0 Å². The van der Waals surface area contributed by atoms with Crippen molar-refractivity contribution >= 4 is 138 Å². The summed E-state index contributed by atoms with van der Waals surface area (Å²) in [5.74, 6) is 0.186. The minimum Gasteiger partial charge on any atom is -0.333 e. The first-order chi connectivity index (χ1) is 57.3. The third-order valence-electron chi connectivity index (χ3n) is 25.7. The number of anilines is 11. The number of hydrogen-bond acceptors (Lipinski definition) is 4. The summed E-state index contributed by atoms with van der Waals surface area (Å²) in [5.41, 5.74) is 27.7. The molecule has 1 aliphatic carbocycles. The maximum absolute atomic E-state index is 2.60. The van der Waals surface area contributed by atoms with Crippen LogP contribution in [0.2, 0.25) is 0 Å². The summed E-state index contributed by atoms with van der Waals surface area (Å²) < 4.78 is 4.97. The highest BCUT2D eigenvalue weighted by Crippen LogP contribution is 2.55. The van der Waals surface area contributed by atoms with E-state index in [-0.39, 0.29) is 44.4 Å². The van der Waals surface area contributed by atoms with E-state index in [1.54, 1.807) is 0 Å². The lowest BCUT2D eigenvalue weighted by atomic mass is 9.77. The normalized spacial score (nSPS) is 14.8. The predicted octanol–water partition coefficient (Wildman–Crippen LogP) is 32.4. The van der Waals surface area contributed by atoms with E-state index in [0.29, 0.717) is 0 Å².